The topological polar surface area (TPSA) is 55.4 Å². The molecule has 0 aliphatic carbocycles. The lowest BCUT2D eigenvalue weighted by Gasteiger charge is -2.15. The summed E-state index contributed by atoms with van der Waals surface area (Å²) in [5.74, 6) is -0.286. The summed E-state index contributed by atoms with van der Waals surface area (Å²) in [5.41, 5.74) is 4.96. The molecule has 0 unspecified atom stereocenters. The van der Waals surface area contributed by atoms with Crippen LogP contribution in [0.25, 0.3) is 17.1 Å². The van der Waals surface area contributed by atoms with E-state index >= 15 is 0 Å². The Morgan fingerprint density at radius 3 is 2.55 bits per heavy atom. The minimum absolute atomic E-state index is 0.285. The molecule has 0 aliphatic heterocycles. The minimum atomic E-state index is -0.936. The molecule has 4 heteroatoms. The van der Waals surface area contributed by atoms with E-state index < -0.39 is 5.97 Å². The zero-order valence-electron chi connectivity index (χ0n) is 12.8. The van der Waals surface area contributed by atoms with Crippen LogP contribution in [-0.2, 0) is 0 Å². The van der Waals surface area contributed by atoms with Crippen molar-refractivity contribution < 1.29 is 14.3 Å². The predicted octanol–water partition coefficient (Wildman–Crippen LogP) is 4.36. The Morgan fingerprint density at radius 2 is 1.91 bits per heavy atom. The first-order valence-corrected chi connectivity index (χ1v) is 7.07. The number of carbonyl (C=O) groups is 1. The number of nitrogens with zero attached hydrogens (tertiary/aromatic N) is 1. The lowest BCUT2D eigenvalue weighted by atomic mass is 10.1. The molecule has 0 fully saturated rings. The molecule has 0 atom stereocenters. The maximum atomic E-state index is 11.5. The highest BCUT2D eigenvalue weighted by Crippen LogP contribution is 2.31. The fourth-order valence-corrected chi connectivity index (χ4v) is 2.72. The number of benzene rings is 1. The number of aryl methyl sites for hydroxylation is 1. The van der Waals surface area contributed by atoms with Gasteiger partial charge in [0.05, 0.1) is 17.5 Å². The number of aromatic nitrogens is 1. The Hall–Kier alpha value is -2.75. The number of carboxylic acid groups (broad SMARTS) is 1. The quantitative estimate of drug-likeness (QED) is 0.781. The monoisotopic (exact) mass is 295 g/mol. The second-order valence-electron chi connectivity index (χ2n) is 5.37. The van der Waals surface area contributed by atoms with Gasteiger partial charge in [-0.25, -0.2) is 4.79 Å². The summed E-state index contributed by atoms with van der Waals surface area (Å²) in [4.78, 5) is 11.5. The van der Waals surface area contributed by atoms with E-state index in [2.05, 4.69) is 0 Å². The van der Waals surface area contributed by atoms with Gasteiger partial charge in [0.1, 0.15) is 0 Å². The summed E-state index contributed by atoms with van der Waals surface area (Å²) in [5, 5.41) is 9.43. The summed E-state index contributed by atoms with van der Waals surface area (Å²) in [6.45, 7) is 5.90. The highest BCUT2D eigenvalue weighted by Gasteiger charge is 2.21. The summed E-state index contributed by atoms with van der Waals surface area (Å²) in [7, 11) is 0. The molecule has 22 heavy (non-hydrogen) atoms. The molecule has 112 valence electrons. The molecule has 0 spiro atoms. The van der Waals surface area contributed by atoms with Gasteiger partial charge in [0.25, 0.3) is 0 Å². The van der Waals surface area contributed by atoms with E-state index in [1.165, 1.54) is 0 Å². The van der Waals surface area contributed by atoms with Crippen molar-refractivity contribution >= 4 is 5.97 Å². The van der Waals surface area contributed by atoms with Crippen molar-refractivity contribution in [1.82, 2.24) is 4.57 Å². The van der Waals surface area contributed by atoms with Crippen LogP contribution in [0.3, 0.4) is 0 Å². The summed E-state index contributed by atoms with van der Waals surface area (Å²) >= 11 is 0. The number of furan rings is 1. The summed E-state index contributed by atoms with van der Waals surface area (Å²) < 4.78 is 7.44. The van der Waals surface area contributed by atoms with Gasteiger partial charge < -0.3 is 14.1 Å². The molecular weight excluding hydrogens is 278 g/mol. The van der Waals surface area contributed by atoms with Crippen LogP contribution in [0.15, 0.2) is 47.1 Å². The molecule has 0 saturated carbocycles. The maximum Gasteiger partial charge on any atom is 0.337 e. The van der Waals surface area contributed by atoms with Gasteiger partial charge in [-0.15, -0.1) is 0 Å². The van der Waals surface area contributed by atoms with Crippen LogP contribution in [0.5, 0.6) is 0 Å². The van der Waals surface area contributed by atoms with E-state index in [9.17, 15) is 9.90 Å². The Balaban J connectivity index is 2.35. The highest BCUT2D eigenvalue weighted by atomic mass is 16.4. The van der Waals surface area contributed by atoms with Crippen LogP contribution in [0.4, 0.5) is 0 Å². The number of hydrogen-bond donors (Lipinski definition) is 1. The van der Waals surface area contributed by atoms with Crippen LogP contribution in [0.1, 0.15) is 27.2 Å². The van der Waals surface area contributed by atoms with Crippen molar-refractivity contribution in [2.75, 3.05) is 0 Å². The molecule has 0 aliphatic rings. The van der Waals surface area contributed by atoms with Gasteiger partial charge in [0.15, 0.2) is 5.76 Å². The van der Waals surface area contributed by atoms with Crippen molar-refractivity contribution in [2.24, 2.45) is 0 Å². The lowest BCUT2D eigenvalue weighted by Crippen LogP contribution is -2.04. The number of hydrogen-bond acceptors (Lipinski definition) is 2. The normalized spacial score (nSPS) is 10.9. The molecule has 2 aromatic heterocycles. The number of aromatic carboxylic acids is 1. The Kier molecular flexibility index (Phi) is 3.37. The Labute approximate surface area is 128 Å². The van der Waals surface area contributed by atoms with Gasteiger partial charge in [-0.1, -0.05) is 12.1 Å². The van der Waals surface area contributed by atoms with Crippen LogP contribution in [0.2, 0.25) is 0 Å². The largest absolute Gasteiger partial charge is 0.478 e. The molecule has 0 amide bonds. The molecule has 2 heterocycles. The van der Waals surface area contributed by atoms with Crippen molar-refractivity contribution in [3.05, 3.63) is 65.0 Å². The second kappa shape index (κ2) is 5.22. The molecule has 0 bridgehead atoms. The van der Waals surface area contributed by atoms with Crippen molar-refractivity contribution in [3.8, 4) is 17.1 Å². The van der Waals surface area contributed by atoms with Crippen molar-refractivity contribution in [3.63, 3.8) is 0 Å². The van der Waals surface area contributed by atoms with Crippen LogP contribution < -0.4 is 0 Å². The zero-order valence-corrected chi connectivity index (χ0v) is 12.8. The molecular formula is C18H17NO3. The van der Waals surface area contributed by atoms with E-state index in [1.807, 2.05) is 49.6 Å². The third kappa shape index (κ3) is 2.13. The molecule has 4 nitrogen and oxygen atoms in total. The first kappa shape index (κ1) is 14.2. The Bertz CT molecular complexity index is 842. The van der Waals surface area contributed by atoms with E-state index in [1.54, 1.807) is 18.4 Å². The SMILES string of the molecule is Cc1cccc(-n2c(-c3ccco3)cc(C(=O)O)c2C)c1C. The van der Waals surface area contributed by atoms with E-state index in [0.29, 0.717) is 11.5 Å². The van der Waals surface area contributed by atoms with E-state index in [-0.39, 0.29) is 5.56 Å². The maximum absolute atomic E-state index is 11.5. The second-order valence-corrected chi connectivity index (χ2v) is 5.37. The fourth-order valence-electron chi connectivity index (χ4n) is 2.72. The molecule has 0 radical (unpaired) electrons. The third-order valence-corrected chi connectivity index (χ3v) is 4.07. The third-order valence-electron chi connectivity index (χ3n) is 4.07. The number of carboxylic acids is 1. The molecule has 1 N–H and O–H groups in total. The van der Waals surface area contributed by atoms with Crippen molar-refractivity contribution in [2.45, 2.75) is 20.8 Å². The summed E-state index contributed by atoms with van der Waals surface area (Å²) in [6.07, 6.45) is 1.59. The Morgan fingerprint density at radius 1 is 1.14 bits per heavy atom. The van der Waals surface area contributed by atoms with Crippen LogP contribution in [-0.4, -0.2) is 15.6 Å². The van der Waals surface area contributed by atoms with E-state index in [4.69, 9.17) is 4.42 Å². The molecule has 0 saturated heterocycles. The first-order valence-electron chi connectivity index (χ1n) is 7.07. The average Bonchev–Trinajstić information content (AvgIpc) is 3.09. The first-order chi connectivity index (χ1) is 10.5. The predicted molar refractivity (Wildman–Crippen MR) is 84.6 cm³/mol. The van der Waals surface area contributed by atoms with Gasteiger partial charge in [0.2, 0.25) is 0 Å². The smallest absolute Gasteiger partial charge is 0.337 e. The minimum Gasteiger partial charge on any atom is -0.478 e. The number of rotatable bonds is 3. The van der Waals surface area contributed by atoms with Gasteiger partial charge in [-0.2, -0.15) is 0 Å². The van der Waals surface area contributed by atoms with Crippen molar-refractivity contribution in [1.29, 1.82) is 0 Å². The van der Waals surface area contributed by atoms with Gasteiger partial charge in [0, 0.05) is 11.4 Å². The van der Waals surface area contributed by atoms with Gasteiger partial charge in [-0.3, -0.25) is 0 Å². The highest BCUT2D eigenvalue weighted by molar-refractivity contribution is 5.91. The van der Waals surface area contributed by atoms with Gasteiger partial charge in [-0.05, 0) is 56.2 Å². The fraction of sp³-hybridized carbons (Fsp3) is 0.167. The molecule has 1 aromatic carbocycles. The lowest BCUT2D eigenvalue weighted by molar-refractivity contribution is 0.0696. The van der Waals surface area contributed by atoms with Crippen LogP contribution in [0, 0.1) is 20.8 Å². The van der Waals surface area contributed by atoms with Crippen LogP contribution >= 0.6 is 0 Å². The van der Waals surface area contributed by atoms with E-state index in [0.717, 1.165) is 22.5 Å². The standard InChI is InChI=1S/C18H17NO3/c1-11-6-4-7-15(12(11)2)19-13(3)14(18(20)21)10-16(19)17-8-5-9-22-17/h4-10H,1-3H3,(H,20,21). The zero-order chi connectivity index (χ0) is 15.9. The van der Waals surface area contributed by atoms with Gasteiger partial charge >= 0.3 is 5.97 Å². The average molecular weight is 295 g/mol. The molecule has 3 rings (SSSR count). The molecule has 3 aromatic rings. The summed E-state index contributed by atoms with van der Waals surface area (Å²) in [6, 6.07) is 11.3.